The van der Waals surface area contributed by atoms with Crippen LogP contribution in [0.1, 0.15) is 74.9 Å². The van der Waals surface area contributed by atoms with Crippen molar-refractivity contribution in [3.8, 4) is 0 Å². The van der Waals surface area contributed by atoms with Crippen molar-refractivity contribution >= 4 is 63.5 Å². The monoisotopic (exact) mass is 886 g/mol. The minimum Gasteiger partial charge on any atom is -0.214 e. The van der Waals surface area contributed by atoms with E-state index in [0.717, 1.165) is 14.4 Å². The van der Waals surface area contributed by atoms with Crippen molar-refractivity contribution in [3.63, 3.8) is 0 Å². The van der Waals surface area contributed by atoms with Gasteiger partial charge in [0.2, 0.25) is 0 Å². The maximum Gasteiger partial charge on any atom is -0.172 e. The Hall–Kier alpha value is -3.62. The van der Waals surface area contributed by atoms with Gasteiger partial charge in [0, 0.05) is 0 Å². The number of halogens is 2. The molecule has 0 heterocycles. The fourth-order valence-corrected chi connectivity index (χ4v) is 13.6. The Morgan fingerprint density at radius 2 is 0.904 bits per heavy atom. The Morgan fingerprint density at radius 1 is 0.500 bits per heavy atom. The third-order valence-corrected chi connectivity index (χ3v) is 16.4. The second kappa shape index (κ2) is 15.8. The van der Waals surface area contributed by atoms with Gasteiger partial charge in [-0.15, -0.1) is 39.7 Å². The summed E-state index contributed by atoms with van der Waals surface area (Å²) in [7, 11) is 13.1. The number of benzene rings is 6. The van der Waals surface area contributed by atoms with Crippen LogP contribution < -0.4 is 0 Å². The second-order valence-electron chi connectivity index (χ2n) is 15.9. The van der Waals surface area contributed by atoms with Crippen LogP contribution in [0.5, 0.6) is 0 Å². The normalized spacial score (nSPS) is 11.7. The van der Waals surface area contributed by atoms with E-state index in [1.165, 1.54) is 65.3 Å². The molecule has 0 fully saturated rings. The minimum atomic E-state index is -2.81. The van der Waals surface area contributed by atoms with Gasteiger partial charge in [-0.25, -0.2) is 12.1 Å². The van der Waals surface area contributed by atoms with Crippen molar-refractivity contribution in [3.05, 3.63) is 179 Å². The molecule has 0 N–H and O–H groups in total. The molecule has 264 valence electrons. The van der Waals surface area contributed by atoms with Gasteiger partial charge in [-0.2, -0.15) is 18.2 Å². The zero-order valence-electron chi connectivity index (χ0n) is 31.6. The van der Waals surface area contributed by atoms with Crippen molar-refractivity contribution in [2.24, 2.45) is 0 Å². The summed E-state index contributed by atoms with van der Waals surface area (Å²) in [5.41, 5.74) is 8.36. The van der Waals surface area contributed by atoms with Gasteiger partial charge in [0.15, 0.2) is 0 Å². The molecule has 0 saturated carbocycles. The van der Waals surface area contributed by atoms with E-state index in [0.29, 0.717) is 0 Å². The van der Waals surface area contributed by atoms with Crippen molar-refractivity contribution in [1.29, 1.82) is 0 Å². The first-order valence-corrected chi connectivity index (χ1v) is 28.8. The molecule has 8 rings (SSSR count). The Balaban J connectivity index is 0.000000157. The molecule has 0 atom stereocenters. The quantitative estimate of drug-likeness (QED) is 0.120. The molecule has 8 aromatic carbocycles. The van der Waals surface area contributed by atoms with Gasteiger partial charge in [-0.05, 0) is 24.7 Å². The van der Waals surface area contributed by atoms with E-state index in [4.69, 9.17) is 17.2 Å². The van der Waals surface area contributed by atoms with Crippen LogP contribution in [0.15, 0.2) is 146 Å². The van der Waals surface area contributed by atoms with Crippen LogP contribution >= 0.6 is 17.2 Å². The topological polar surface area (TPSA) is 0 Å². The van der Waals surface area contributed by atoms with Crippen LogP contribution in [0, 0.1) is 13.8 Å². The SMILES string of the molecule is Cc1cc2[cH-]c3cc(C)c(C(C)(C)C)cc3c2cc1C(C)(C)C.[Cl][Hf]([Cl])=[C](c1ccc2ccccc2c1)c1ccc2ccccc2c1.c1cc[cH-]c1. The van der Waals surface area contributed by atoms with Crippen molar-refractivity contribution < 1.29 is 18.6 Å². The van der Waals surface area contributed by atoms with Gasteiger partial charge in [-0.3, -0.25) is 0 Å². The molecule has 0 unspecified atom stereocenters. The van der Waals surface area contributed by atoms with Crippen LogP contribution in [-0.4, -0.2) is 3.26 Å². The van der Waals surface area contributed by atoms with Crippen LogP contribution in [0.2, 0.25) is 0 Å². The Bertz CT molecular complexity index is 2340. The summed E-state index contributed by atoms with van der Waals surface area (Å²) in [6.45, 7) is 18.3. The molecule has 0 amide bonds. The molecular formula is C49H48Cl2Hf-2. The molecule has 8 aromatic rings. The van der Waals surface area contributed by atoms with Crippen LogP contribution in [-0.2, 0) is 29.4 Å². The van der Waals surface area contributed by atoms with Gasteiger partial charge < -0.3 is 0 Å². The molecule has 0 aromatic heterocycles. The summed E-state index contributed by atoms with van der Waals surface area (Å²) < 4.78 is 1.15. The largest absolute Gasteiger partial charge is 0.214 e. The third kappa shape index (κ3) is 8.60. The average molecular weight is 886 g/mol. The average Bonchev–Trinajstić information content (AvgIpc) is 3.78. The molecule has 0 aliphatic carbocycles. The van der Waals surface area contributed by atoms with E-state index < -0.39 is 18.6 Å². The summed E-state index contributed by atoms with van der Waals surface area (Å²) in [6.07, 6.45) is 0. The molecule has 0 spiro atoms. The number of hydrogen-bond acceptors (Lipinski definition) is 0. The minimum absolute atomic E-state index is 0.180. The van der Waals surface area contributed by atoms with Crippen molar-refractivity contribution in [1.82, 2.24) is 0 Å². The van der Waals surface area contributed by atoms with E-state index in [9.17, 15) is 0 Å². The molecule has 52 heavy (non-hydrogen) atoms. The van der Waals surface area contributed by atoms with E-state index in [2.05, 4.69) is 171 Å². The van der Waals surface area contributed by atoms with Crippen LogP contribution in [0.4, 0.5) is 0 Å². The van der Waals surface area contributed by atoms with Gasteiger partial charge in [0.25, 0.3) is 0 Å². The van der Waals surface area contributed by atoms with Crippen molar-refractivity contribution in [2.45, 2.75) is 66.2 Å². The van der Waals surface area contributed by atoms with E-state index in [1.807, 2.05) is 30.3 Å². The summed E-state index contributed by atoms with van der Waals surface area (Å²) in [5.74, 6) is 0. The first-order valence-electron chi connectivity index (χ1n) is 18.1. The maximum absolute atomic E-state index is 6.56. The fourth-order valence-electron chi connectivity index (χ4n) is 7.34. The second-order valence-corrected chi connectivity index (χ2v) is 27.3. The Morgan fingerprint density at radius 3 is 1.25 bits per heavy atom. The summed E-state index contributed by atoms with van der Waals surface area (Å²) in [6, 6.07) is 51.6. The first kappa shape index (κ1) is 38.1. The zero-order chi connectivity index (χ0) is 37.2. The third-order valence-electron chi connectivity index (χ3n) is 9.83. The number of hydrogen-bond donors (Lipinski definition) is 0. The maximum atomic E-state index is 6.56. The molecule has 0 nitrogen and oxygen atoms in total. The van der Waals surface area contributed by atoms with E-state index in [-0.39, 0.29) is 10.8 Å². The summed E-state index contributed by atoms with van der Waals surface area (Å²) in [4.78, 5) is 0. The van der Waals surface area contributed by atoms with Crippen LogP contribution in [0.25, 0.3) is 43.1 Å². The van der Waals surface area contributed by atoms with E-state index in [1.54, 1.807) is 0 Å². The molecule has 0 saturated heterocycles. The molecule has 0 radical (unpaired) electrons. The predicted molar refractivity (Wildman–Crippen MR) is 229 cm³/mol. The van der Waals surface area contributed by atoms with Gasteiger partial charge in [0.1, 0.15) is 0 Å². The standard InChI is InChI=1S/C23H29.C21H14.C5H5.2ClH.Hf/c1-14-9-16-11-17-10-15(2)21(23(6,7)8)13-19(17)18(16)12-20(14)22(3,4)5;1-3-7-20-14-16(9-11-18(20)5-1)13-17-10-12-19-6-2-4-8-21(19)15-17;1-2-4-5-3-1;;;/h9-13H,1-8H3;1-12,14-15H;1-5H;2*1H;/q-1;;-1;;;+2/p-2. The van der Waals surface area contributed by atoms with E-state index >= 15 is 0 Å². The molecule has 0 bridgehead atoms. The molecule has 3 heteroatoms. The van der Waals surface area contributed by atoms with Gasteiger partial charge in [-0.1, -0.05) is 75.9 Å². The van der Waals surface area contributed by atoms with Gasteiger partial charge in [0.05, 0.1) is 0 Å². The number of rotatable bonds is 2. The fraction of sp³-hybridized carbons (Fsp3) is 0.204. The predicted octanol–water partition coefficient (Wildman–Crippen LogP) is 14.8. The summed E-state index contributed by atoms with van der Waals surface area (Å²) >= 11 is -2.81. The molecular weight excluding hydrogens is 838 g/mol. The Kier molecular flexibility index (Phi) is 11.6. The first-order chi connectivity index (χ1) is 24.7. The Labute approximate surface area is 324 Å². The van der Waals surface area contributed by atoms with Crippen molar-refractivity contribution in [2.75, 3.05) is 0 Å². The smallest absolute Gasteiger partial charge is 0.172 e. The van der Waals surface area contributed by atoms with Crippen LogP contribution in [0.3, 0.4) is 0 Å². The van der Waals surface area contributed by atoms with Gasteiger partial charge >= 0.3 is 157 Å². The number of aryl methyl sites for hydroxylation is 2. The zero-order valence-corrected chi connectivity index (χ0v) is 36.7. The number of fused-ring (bicyclic) bond motifs is 5. The molecule has 0 aliphatic rings. The molecule has 0 aliphatic heterocycles. The summed E-state index contributed by atoms with van der Waals surface area (Å²) in [5, 5.41) is 10.4.